The number of carbonyl (C=O) groups excluding carboxylic acids is 1. The molecule has 3 rings (SSSR count). The summed E-state index contributed by atoms with van der Waals surface area (Å²) in [7, 11) is 1.64. The Hall–Kier alpha value is -2.33. The first-order valence-corrected chi connectivity index (χ1v) is 8.24. The van der Waals surface area contributed by atoms with Gasteiger partial charge < -0.3 is 19.9 Å². The van der Waals surface area contributed by atoms with E-state index in [1.54, 1.807) is 7.11 Å². The molecule has 1 aromatic rings. The lowest BCUT2D eigenvalue weighted by Gasteiger charge is -2.37. The average molecular weight is 329 g/mol. The fourth-order valence-electron chi connectivity index (χ4n) is 3.68. The molecule has 2 aliphatic rings. The monoisotopic (exact) mass is 329 g/mol. The van der Waals surface area contributed by atoms with Crippen molar-refractivity contribution in [2.45, 2.75) is 32.4 Å². The number of aryl methyl sites for hydroxylation is 2. The van der Waals surface area contributed by atoms with E-state index in [1.807, 2.05) is 24.8 Å². The number of methoxy groups -OCH3 is 1. The highest BCUT2D eigenvalue weighted by Crippen LogP contribution is 2.28. The smallest absolute Gasteiger partial charge is 0.318 e. The number of rotatable bonds is 4. The number of ether oxygens (including phenoxy) is 1. The molecule has 2 aliphatic heterocycles. The Morgan fingerprint density at radius 3 is 3.00 bits per heavy atom. The van der Waals surface area contributed by atoms with E-state index in [0.717, 1.165) is 30.0 Å². The number of hydrogen-bond donors (Lipinski definition) is 1. The highest BCUT2D eigenvalue weighted by molar-refractivity contribution is 5.78. The Morgan fingerprint density at radius 1 is 1.50 bits per heavy atom. The first-order valence-electron chi connectivity index (χ1n) is 8.24. The van der Waals surface area contributed by atoms with Crippen molar-refractivity contribution in [3.8, 4) is 6.07 Å². The SMILES string of the molecule is COCCN1C(=O)N[C@@H]2CN(c3nc(C)cc(C)c3C#N)CC[C@@H]21. The van der Waals surface area contributed by atoms with Crippen molar-refractivity contribution in [2.75, 3.05) is 38.3 Å². The fourth-order valence-corrected chi connectivity index (χ4v) is 3.68. The van der Waals surface area contributed by atoms with Crippen LogP contribution in [0.1, 0.15) is 23.2 Å². The first-order chi connectivity index (χ1) is 11.5. The third-order valence-electron chi connectivity index (χ3n) is 4.82. The molecule has 7 nitrogen and oxygen atoms in total. The maximum absolute atomic E-state index is 12.2. The van der Waals surface area contributed by atoms with Gasteiger partial charge in [0.15, 0.2) is 0 Å². The quantitative estimate of drug-likeness (QED) is 0.897. The predicted molar refractivity (Wildman–Crippen MR) is 89.9 cm³/mol. The van der Waals surface area contributed by atoms with E-state index >= 15 is 0 Å². The lowest BCUT2D eigenvalue weighted by atomic mass is 9.99. The van der Waals surface area contributed by atoms with Crippen LogP contribution in [0.4, 0.5) is 10.6 Å². The second kappa shape index (κ2) is 6.65. The molecule has 1 aromatic heterocycles. The number of anilines is 1. The van der Waals surface area contributed by atoms with Crippen molar-refractivity contribution in [3.05, 3.63) is 22.9 Å². The van der Waals surface area contributed by atoms with Crippen LogP contribution in [0.25, 0.3) is 0 Å². The van der Waals surface area contributed by atoms with Crippen LogP contribution in [0.15, 0.2) is 6.07 Å². The Labute approximate surface area is 142 Å². The first kappa shape index (κ1) is 16.5. The topological polar surface area (TPSA) is 81.5 Å². The molecule has 7 heteroatoms. The number of urea groups is 1. The summed E-state index contributed by atoms with van der Waals surface area (Å²) < 4.78 is 5.10. The maximum Gasteiger partial charge on any atom is 0.318 e. The van der Waals surface area contributed by atoms with Crippen LogP contribution >= 0.6 is 0 Å². The zero-order valence-electron chi connectivity index (χ0n) is 14.4. The van der Waals surface area contributed by atoms with Gasteiger partial charge in [-0.25, -0.2) is 9.78 Å². The van der Waals surface area contributed by atoms with Crippen molar-refractivity contribution >= 4 is 11.8 Å². The van der Waals surface area contributed by atoms with Crippen LogP contribution < -0.4 is 10.2 Å². The van der Waals surface area contributed by atoms with E-state index in [4.69, 9.17) is 4.74 Å². The van der Waals surface area contributed by atoms with Crippen LogP contribution in [0, 0.1) is 25.2 Å². The molecule has 2 fully saturated rings. The number of piperidine rings is 1. The summed E-state index contributed by atoms with van der Waals surface area (Å²) in [6.07, 6.45) is 0.854. The molecule has 0 unspecified atom stereocenters. The second-order valence-corrected chi connectivity index (χ2v) is 6.44. The second-order valence-electron chi connectivity index (χ2n) is 6.44. The summed E-state index contributed by atoms with van der Waals surface area (Å²) >= 11 is 0. The molecule has 0 bridgehead atoms. The number of nitrogens with one attached hydrogen (secondary N) is 1. The van der Waals surface area contributed by atoms with Crippen molar-refractivity contribution in [1.82, 2.24) is 15.2 Å². The fraction of sp³-hybridized carbons (Fsp3) is 0.588. The van der Waals surface area contributed by atoms with Crippen LogP contribution in [0.2, 0.25) is 0 Å². The third kappa shape index (κ3) is 2.89. The van der Waals surface area contributed by atoms with Gasteiger partial charge in [0.1, 0.15) is 11.9 Å². The number of hydrogen-bond acceptors (Lipinski definition) is 5. The molecular formula is C17H23N5O2. The van der Waals surface area contributed by atoms with Gasteiger partial charge in [-0.1, -0.05) is 0 Å². The predicted octanol–water partition coefficient (Wildman–Crippen LogP) is 1.19. The summed E-state index contributed by atoms with van der Waals surface area (Å²) in [6, 6.07) is 4.41. The molecule has 24 heavy (non-hydrogen) atoms. The molecule has 0 spiro atoms. The minimum atomic E-state index is -0.0298. The molecule has 3 heterocycles. The van der Waals surface area contributed by atoms with Crippen molar-refractivity contribution in [1.29, 1.82) is 5.26 Å². The minimum absolute atomic E-state index is 0.0298. The maximum atomic E-state index is 12.2. The highest BCUT2D eigenvalue weighted by atomic mass is 16.5. The van der Waals surface area contributed by atoms with Gasteiger partial charge in [-0.3, -0.25) is 0 Å². The lowest BCUT2D eigenvalue weighted by Crippen LogP contribution is -2.52. The van der Waals surface area contributed by atoms with Gasteiger partial charge in [-0.15, -0.1) is 0 Å². The van der Waals surface area contributed by atoms with Crippen molar-refractivity contribution in [3.63, 3.8) is 0 Å². The molecule has 2 amide bonds. The molecule has 2 atom stereocenters. The molecule has 128 valence electrons. The molecule has 0 radical (unpaired) electrons. The van der Waals surface area contributed by atoms with Crippen LogP contribution in [-0.4, -0.2) is 61.3 Å². The van der Waals surface area contributed by atoms with E-state index in [9.17, 15) is 10.1 Å². The summed E-state index contributed by atoms with van der Waals surface area (Å²) in [5, 5.41) is 12.5. The normalized spacial score (nSPS) is 23.0. The molecular weight excluding hydrogens is 306 g/mol. The highest BCUT2D eigenvalue weighted by Gasteiger charge is 2.42. The van der Waals surface area contributed by atoms with Crippen molar-refractivity contribution in [2.24, 2.45) is 0 Å². The summed E-state index contributed by atoms with van der Waals surface area (Å²) in [5.74, 6) is 0.734. The van der Waals surface area contributed by atoms with Crippen LogP contribution in [-0.2, 0) is 4.74 Å². The minimum Gasteiger partial charge on any atom is -0.383 e. The largest absolute Gasteiger partial charge is 0.383 e. The molecule has 0 aromatic carbocycles. The van der Waals surface area contributed by atoms with Gasteiger partial charge >= 0.3 is 6.03 Å². The Balaban J connectivity index is 1.80. The zero-order valence-corrected chi connectivity index (χ0v) is 14.4. The Morgan fingerprint density at radius 2 is 2.29 bits per heavy atom. The molecule has 0 saturated carbocycles. The average Bonchev–Trinajstić information content (AvgIpc) is 2.86. The summed E-state index contributed by atoms with van der Waals surface area (Å²) in [6.45, 7) is 6.47. The number of nitriles is 1. The number of amides is 2. The van der Waals surface area contributed by atoms with Gasteiger partial charge in [0.05, 0.1) is 24.3 Å². The van der Waals surface area contributed by atoms with Gasteiger partial charge in [0.25, 0.3) is 0 Å². The zero-order chi connectivity index (χ0) is 17.3. The summed E-state index contributed by atoms with van der Waals surface area (Å²) in [5.41, 5.74) is 2.47. The number of fused-ring (bicyclic) bond motifs is 1. The van der Waals surface area contributed by atoms with E-state index < -0.39 is 0 Å². The third-order valence-corrected chi connectivity index (χ3v) is 4.82. The van der Waals surface area contributed by atoms with E-state index in [0.29, 0.717) is 25.3 Å². The van der Waals surface area contributed by atoms with Gasteiger partial charge in [-0.05, 0) is 31.9 Å². The number of pyridine rings is 1. The van der Waals surface area contributed by atoms with Crippen LogP contribution in [0.3, 0.4) is 0 Å². The number of carbonyl (C=O) groups is 1. The Kier molecular flexibility index (Phi) is 4.58. The number of nitrogens with zero attached hydrogens (tertiary/aromatic N) is 4. The molecule has 0 aliphatic carbocycles. The molecule has 2 saturated heterocycles. The number of aromatic nitrogens is 1. The van der Waals surface area contributed by atoms with Gasteiger partial charge in [0.2, 0.25) is 0 Å². The van der Waals surface area contributed by atoms with Gasteiger partial charge in [0, 0.05) is 32.4 Å². The standard InChI is InChI=1S/C17H23N5O2/c1-11-8-12(2)19-16(13(11)9-18)21-5-4-15-14(10-21)20-17(23)22(15)6-7-24-3/h8,14-15H,4-7,10H2,1-3H3,(H,20,23)/t14-,15+/m1/s1. The van der Waals surface area contributed by atoms with Crippen LogP contribution in [0.5, 0.6) is 0 Å². The van der Waals surface area contributed by atoms with Gasteiger partial charge in [-0.2, -0.15) is 5.26 Å². The lowest BCUT2D eigenvalue weighted by molar-refractivity contribution is 0.140. The van der Waals surface area contributed by atoms with E-state index in [-0.39, 0.29) is 18.1 Å². The molecule has 1 N–H and O–H groups in total. The summed E-state index contributed by atoms with van der Waals surface area (Å²) in [4.78, 5) is 20.8. The van der Waals surface area contributed by atoms with E-state index in [2.05, 4.69) is 21.3 Å². The Bertz CT molecular complexity index is 684. The van der Waals surface area contributed by atoms with E-state index in [1.165, 1.54) is 0 Å². The van der Waals surface area contributed by atoms with Crippen molar-refractivity contribution < 1.29 is 9.53 Å².